The van der Waals surface area contributed by atoms with E-state index in [4.69, 9.17) is 0 Å². The Hall–Kier alpha value is -1.65. The summed E-state index contributed by atoms with van der Waals surface area (Å²) < 4.78 is 0. The van der Waals surface area contributed by atoms with Crippen molar-refractivity contribution < 1.29 is 4.79 Å². The highest BCUT2D eigenvalue weighted by molar-refractivity contribution is 5.94. The zero-order valence-corrected chi connectivity index (χ0v) is 13.6. The van der Waals surface area contributed by atoms with Crippen molar-refractivity contribution in [2.45, 2.75) is 13.8 Å². The fraction of sp³-hybridized carbons (Fsp3) is 0.500. The van der Waals surface area contributed by atoms with E-state index in [0.29, 0.717) is 12.5 Å². The molecule has 120 valence electrons. The van der Waals surface area contributed by atoms with Crippen molar-refractivity contribution in [3.63, 3.8) is 0 Å². The first-order valence-electron chi connectivity index (χ1n) is 8.14. The number of hydrogen-bond donors (Lipinski definition) is 2. The van der Waals surface area contributed by atoms with E-state index >= 15 is 0 Å². The van der Waals surface area contributed by atoms with E-state index in [0.717, 1.165) is 43.9 Å². The summed E-state index contributed by atoms with van der Waals surface area (Å²) in [5.41, 5.74) is 1.85. The second-order valence-electron chi connectivity index (χ2n) is 6.07. The van der Waals surface area contributed by atoms with Gasteiger partial charge in [0.2, 0.25) is 0 Å². The van der Waals surface area contributed by atoms with Crippen LogP contribution in [0.5, 0.6) is 0 Å². The highest BCUT2D eigenvalue weighted by Crippen LogP contribution is 2.08. The van der Waals surface area contributed by atoms with Gasteiger partial charge in [-0.3, -0.25) is 9.69 Å². The van der Waals surface area contributed by atoms with Gasteiger partial charge in [0.05, 0.1) is 0 Å². The SMILES string of the molecule is CC(C)/C=C/c1ccc(C(=O)NCCN2CCNCC2)cc1. The van der Waals surface area contributed by atoms with Crippen molar-refractivity contribution in [2.75, 3.05) is 39.3 Å². The molecule has 4 heteroatoms. The standard InChI is InChI=1S/C18H27N3O/c1-15(2)3-4-16-5-7-17(8-6-16)18(22)20-11-14-21-12-9-19-10-13-21/h3-8,15,19H,9-14H2,1-2H3,(H,20,22)/b4-3+. The molecule has 0 bridgehead atoms. The molecule has 0 radical (unpaired) electrons. The van der Waals surface area contributed by atoms with E-state index in [1.807, 2.05) is 24.3 Å². The molecule has 1 aromatic rings. The first-order valence-corrected chi connectivity index (χ1v) is 8.14. The lowest BCUT2D eigenvalue weighted by Gasteiger charge is -2.27. The van der Waals surface area contributed by atoms with Crippen molar-refractivity contribution in [3.8, 4) is 0 Å². The minimum Gasteiger partial charge on any atom is -0.351 e. The van der Waals surface area contributed by atoms with Gasteiger partial charge in [-0.1, -0.05) is 38.1 Å². The van der Waals surface area contributed by atoms with Crippen molar-refractivity contribution in [3.05, 3.63) is 41.5 Å². The van der Waals surface area contributed by atoms with Gasteiger partial charge < -0.3 is 10.6 Å². The Balaban J connectivity index is 1.77. The molecule has 0 saturated carbocycles. The third-order valence-corrected chi connectivity index (χ3v) is 3.77. The molecule has 1 fully saturated rings. The summed E-state index contributed by atoms with van der Waals surface area (Å²) in [6, 6.07) is 7.76. The van der Waals surface area contributed by atoms with Crippen molar-refractivity contribution in [1.82, 2.24) is 15.5 Å². The van der Waals surface area contributed by atoms with Crippen LogP contribution in [0.4, 0.5) is 0 Å². The number of benzene rings is 1. The Bertz CT molecular complexity index is 488. The summed E-state index contributed by atoms with van der Waals surface area (Å²) in [5, 5.41) is 6.32. The van der Waals surface area contributed by atoms with Crippen LogP contribution in [0.25, 0.3) is 6.08 Å². The maximum absolute atomic E-state index is 12.1. The van der Waals surface area contributed by atoms with Crippen LogP contribution in [0.15, 0.2) is 30.3 Å². The molecule has 1 aliphatic rings. The Morgan fingerprint density at radius 3 is 2.59 bits per heavy atom. The van der Waals surface area contributed by atoms with Crippen LogP contribution < -0.4 is 10.6 Å². The minimum absolute atomic E-state index is 0.00882. The molecule has 4 nitrogen and oxygen atoms in total. The molecule has 0 aliphatic carbocycles. The van der Waals surface area contributed by atoms with Crippen molar-refractivity contribution >= 4 is 12.0 Å². The Morgan fingerprint density at radius 1 is 1.27 bits per heavy atom. The predicted molar refractivity (Wildman–Crippen MR) is 92.0 cm³/mol. The van der Waals surface area contributed by atoms with Gasteiger partial charge in [-0.25, -0.2) is 0 Å². The van der Waals surface area contributed by atoms with E-state index in [9.17, 15) is 4.79 Å². The summed E-state index contributed by atoms with van der Waals surface area (Å²) in [5.74, 6) is 0.544. The number of nitrogens with one attached hydrogen (secondary N) is 2. The molecule has 0 spiro atoms. The van der Waals surface area contributed by atoms with Gasteiger partial charge in [-0.2, -0.15) is 0 Å². The van der Waals surface area contributed by atoms with Crippen LogP contribution in [0.3, 0.4) is 0 Å². The molecule has 22 heavy (non-hydrogen) atoms. The zero-order valence-electron chi connectivity index (χ0n) is 13.6. The fourth-order valence-corrected chi connectivity index (χ4v) is 2.41. The molecule has 0 aromatic heterocycles. The zero-order chi connectivity index (χ0) is 15.8. The third kappa shape index (κ3) is 5.62. The van der Waals surface area contributed by atoms with E-state index in [1.165, 1.54) is 0 Å². The number of piperazine rings is 1. The summed E-state index contributed by atoms with van der Waals surface area (Å²) in [7, 11) is 0. The largest absolute Gasteiger partial charge is 0.351 e. The summed E-state index contributed by atoms with van der Waals surface area (Å²) in [4.78, 5) is 14.5. The van der Waals surface area contributed by atoms with Crippen LogP contribution in [-0.2, 0) is 0 Å². The Labute approximate surface area is 133 Å². The number of carbonyl (C=O) groups is 1. The lowest BCUT2D eigenvalue weighted by atomic mass is 10.1. The van der Waals surface area contributed by atoms with Crippen LogP contribution >= 0.6 is 0 Å². The average molecular weight is 301 g/mol. The molecule has 0 atom stereocenters. The molecule has 2 rings (SSSR count). The first-order chi connectivity index (χ1) is 10.6. The Morgan fingerprint density at radius 2 is 1.95 bits per heavy atom. The molecule has 2 N–H and O–H groups in total. The second-order valence-corrected chi connectivity index (χ2v) is 6.07. The Kier molecular flexibility index (Phi) is 6.62. The topological polar surface area (TPSA) is 44.4 Å². The van der Waals surface area contributed by atoms with Crippen LogP contribution in [-0.4, -0.2) is 50.1 Å². The van der Waals surface area contributed by atoms with Crippen LogP contribution in [0.1, 0.15) is 29.8 Å². The molecular weight excluding hydrogens is 274 g/mol. The van der Waals surface area contributed by atoms with E-state index in [-0.39, 0.29) is 5.91 Å². The summed E-state index contributed by atoms with van der Waals surface area (Å²) in [6.07, 6.45) is 4.25. The van der Waals surface area contributed by atoms with Crippen molar-refractivity contribution in [1.29, 1.82) is 0 Å². The highest BCUT2D eigenvalue weighted by atomic mass is 16.1. The van der Waals surface area contributed by atoms with E-state index in [2.05, 4.69) is 41.5 Å². The summed E-state index contributed by atoms with van der Waals surface area (Å²) in [6.45, 7) is 10.1. The molecule has 0 unspecified atom stereocenters. The highest BCUT2D eigenvalue weighted by Gasteiger charge is 2.10. The van der Waals surface area contributed by atoms with Gasteiger partial charge in [-0.15, -0.1) is 0 Å². The van der Waals surface area contributed by atoms with Gasteiger partial charge in [0.1, 0.15) is 0 Å². The molecule has 1 aliphatic heterocycles. The lowest BCUT2D eigenvalue weighted by molar-refractivity contribution is 0.0947. The van der Waals surface area contributed by atoms with Gasteiger partial charge in [0, 0.05) is 44.8 Å². The average Bonchev–Trinajstić information content (AvgIpc) is 2.54. The molecule has 1 aromatic carbocycles. The number of nitrogens with zero attached hydrogens (tertiary/aromatic N) is 1. The molecule has 1 amide bonds. The maximum atomic E-state index is 12.1. The fourth-order valence-electron chi connectivity index (χ4n) is 2.41. The number of rotatable bonds is 6. The molecule has 1 heterocycles. The monoisotopic (exact) mass is 301 g/mol. The van der Waals surface area contributed by atoms with Crippen LogP contribution in [0, 0.1) is 5.92 Å². The maximum Gasteiger partial charge on any atom is 0.251 e. The minimum atomic E-state index is 0.00882. The number of hydrogen-bond acceptors (Lipinski definition) is 3. The first kappa shape index (κ1) is 16.7. The number of carbonyl (C=O) groups excluding carboxylic acids is 1. The second kappa shape index (κ2) is 8.71. The van der Waals surface area contributed by atoms with Gasteiger partial charge in [0.15, 0.2) is 0 Å². The number of amides is 1. The van der Waals surface area contributed by atoms with Gasteiger partial charge >= 0.3 is 0 Å². The quantitative estimate of drug-likeness (QED) is 0.844. The smallest absolute Gasteiger partial charge is 0.251 e. The van der Waals surface area contributed by atoms with Gasteiger partial charge in [0.25, 0.3) is 5.91 Å². The molecule has 1 saturated heterocycles. The van der Waals surface area contributed by atoms with E-state index < -0.39 is 0 Å². The van der Waals surface area contributed by atoms with Crippen LogP contribution in [0.2, 0.25) is 0 Å². The molecular formula is C18H27N3O. The van der Waals surface area contributed by atoms with Crippen molar-refractivity contribution in [2.24, 2.45) is 5.92 Å². The number of allylic oxidation sites excluding steroid dienone is 1. The van der Waals surface area contributed by atoms with E-state index in [1.54, 1.807) is 0 Å². The summed E-state index contributed by atoms with van der Waals surface area (Å²) >= 11 is 0. The third-order valence-electron chi connectivity index (χ3n) is 3.77. The normalized spacial score (nSPS) is 16.3. The predicted octanol–water partition coefficient (Wildman–Crippen LogP) is 1.99. The lowest BCUT2D eigenvalue weighted by Crippen LogP contribution is -2.46. The van der Waals surface area contributed by atoms with Gasteiger partial charge in [-0.05, 0) is 23.6 Å².